The van der Waals surface area contributed by atoms with Crippen LogP contribution in [0.25, 0.3) is 0 Å². The molecule has 218 valence electrons. The number of alkyl halides is 1. The predicted molar refractivity (Wildman–Crippen MR) is 148 cm³/mol. The van der Waals surface area contributed by atoms with E-state index in [9.17, 15) is 22.9 Å². The molecule has 3 saturated heterocycles. The van der Waals surface area contributed by atoms with Crippen molar-refractivity contribution in [3.8, 4) is 6.07 Å². The molecule has 1 aliphatic carbocycles. The van der Waals surface area contributed by atoms with Crippen molar-refractivity contribution < 1.29 is 17.6 Å². The lowest BCUT2D eigenvalue weighted by atomic mass is 9.74. The fourth-order valence-corrected chi connectivity index (χ4v) is 9.47. The number of hydrogen-bond donors (Lipinski definition) is 3. The number of carbonyl (C=O) groups is 1. The first-order valence-electron chi connectivity index (χ1n) is 14.4. The summed E-state index contributed by atoms with van der Waals surface area (Å²) < 4.78 is 41.3. The molecule has 40 heavy (non-hydrogen) atoms. The third kappa shape index (κ3) is 4.60. The van der Waals surface area contributed by atoms with Gasteiger partial charge in [0.15, 0.2) is 0 Å². The first-order chi connectivity index (χ1) is 18.9. The first kappa shape index (κ1) is 27.8. The van der Waals surface area contributed by atoms with Gasteiger partial charge >= 0.3 is 0 Å². The van der Waals surface area contributed by atoms with E-state index in [1.165, 1.54) is 4.31 Å². The molecule has 0 aromatic heterocycles. The average Bonchev–Trinajstić information content (AvgIpc) is 3.38. The van der Waals surface area contributed by atoms with E-state index in [1.807, 2.05) is 26.8 Å². The molecular weight excluding hydrogens is 533 g/mol. The van der Waals surface area contributed by atoms with Gasteiger partial charge in [-0.25, -0.2) is 23.2 Å². The Morgan fingerprint density at radius 2 is 1.93 bits per heavy atom. The summed E-state index contributed by atoms with van der Waals surface area (Å²) in [6.07, 6.45) is 3.42. The molecule has 12 heteroatoms. The van der Waals surface area contributed by atoms with Crippen LogP contribution in [-0.2, 0) is 21.4 Å². The number of likely N-dealkylation sites (tertiary alicyclic amines) is 1. The number of piperidine rings is 1. The lowest BCUT2D eigenvalue weighted by Crippen LogP contribution is -2.62. The number of amides is 1. The number of nitrogens with one attached hydrogen (secondary N) is 3. The Morgan fingerprint density at radius 3 is 2.58 bits per heavy atom. The Hall–Kier alpha value is -2.30. The summed E-state index contributed by atoms with van der Waals surface area (Å²) in [5.41, 5.74) is 4.16. The van der Waals surface area contributed by atoms with Crippen molar-refractivity contribution >= 4 is 21.6 Å². The van der Waals surface area contributed by atoms with Gasteiger partial charge in [0.05, 0.1) is 23.3 Å². The minimum absolute atomic E-state index is 0.0262. The molecule has 0 spiro atoms. The van der Waals surface area contributed by atoms with Gasteiger partial charge in [-0.1, -0.05) is 0 Å². The van der Waals surface area contributed by atoms with E-state index in [4.69, 9.17) is 0 Å². The summed E-state index contributed by atoms with van der Waals surface area (Å²) >= 11 is 0. The molecule has 0 bridgehead atoms. The van der Waals surface area contributed by atoms with E-state index in [0.29, 0.717) is 43.5 Å². The minimum Gasteiger partial charge on any atom is -0.368 e. The Labute approximate surface area is 236 Å². The number of rotatable bonds is 5. The third-order valence-corrected chi connectivity index (χ3v) is 11.8. The Balaban J connectivity index is 1.24. The van der Waals surface area contributed by atoms with Crippen LogP contribution < -0.4 is 16.1 Å². The van der Waals surface area contributed by atoms with E-state index >= 15 is 0 Å². The number of nitrogens with zero attached hydrogens (tertiary/aromatic N) is 4. The molecule has 3 N–H and O–H groups in total. The van der Waals surface area contributed by atoms with Gasteiger partial charge in [-0.15, -0.1) is 0 Å². The molecule has 1 aromatic rings. The van der Waals surface area contributed by atoms with Crippen molar-refractivity contribution in [2.45, 2.75) is 106 Å². The summed E-state index contributed by atoms with van der Waals surface area (Å²) in [6.45, 7) is 7.57. The maximum Gasteiger partial charge on any atom is 0.244 e. The summed E-state index contributed by atoms with van der Waals surface area (Å²) in [5.74, 6) is -0.394. The van der Waals surface area contributed by atoms with Crippen LogP contribution in [-0.4, -0.2) is 83.7 Å². The summed E-state index contributed by atoms with van der Waals surface area (Å²) in [6, 6.07) is 7.99. The predicted octanol–water partition coefficient (Wildman–Crippen LogP) is 2.30. The van der Waals surface area contributed by atoms with Crippen LogP contribution in [0.3, 0.4) is 0 Å². The van der Waals surface area contributed by atoms with Crippen LogP contribution in [0, 0.1) is 17.2 Å². The van der Waals surface area contributed by atoms with Crippen LogP contribution in [0.5, 0.6) is 0 Å². The van der Waals surface area contributed by atoms with Crippen molar-refractivity contribution in [3.63, 3.8) is 0 Å². The van der Waals surface area contributed by atoms with Gasteiger partial charge in [-0.05, 0) is 76.6 Å². The van der Waals surface area contributed by atoms with Crippen molar-refractivity contribution in [1.29, 1.82) is 5.26 Å². The molecule has 4 fully saturated rings. The second-order valence-electron chi connectivity index (χ2n) is 13.1. The average molecular weight is 574 g/mol. The number of nitriles is 1. The zero-order chi connectivity index (χ0) is 28.4. The van der Waals surface area contributed by atoms with Crippen molar-refractivity contribution in [1.82, 2.24) is 25.0 Å². The fourth-order valence-electron chi connectivity index (χ4n) is 7.50. The largest absolute Gasteiger partial charge is 0.368 e. The van der Waals surface area contributed by atoms with Gasteiger partial charge in [-0.3, -0.25) is 9.69 Å². The molecule has 4 heterocycles. The maximum absolute atomic E-state index is 13.5. The summed E-state index contributed by atoms with van der Waals surface area (Å²) in [4.78, 5) is 15.7. The van der Waals surface area contributed by atoms with E-state index in [1.54, 1.807) is 12.1 Å². The van der Waals surface area contributed by atoms with Crippen LogP contribution in [0.1, 0.15) is 64.9 Å². The SMILES string of the molecule is CC(C)(C)N1Cc2cc(NC3NN(C4(CC#N)CCC(N5CC(F)C5)CC4)C4CCNC(=O)C34)ccc2S1(=O)=O. The number of sulfonamides is 1. The monoisotopic (exact) mass is 573 g/mol. The van der Waals surface area contributed by atoms with Crippen LogP contribution in [0.15, 0.2) is 23.1 Å². The minimum atomic E-state index is -3.56. The number of halogens is 1. The van der Waals surface area contributed by atoms with Gasteiger partial charge in [-0.2, -0.15) is 9.57 Å². The highest BCUT2D eigenvalue weighted by molar-refractivity contribution is 7.89. The topological polar surface area (TPSA) is 121 Å². The van der Waals surface area contributed by atoms with Gasteiger partial charge in [0.25, 0.3) is 0 Å². The number of carbonyl (C=O) groups excluding carboxylic acids is 1. The quantitative estimate of drug-likeness (QED) is 0.491. The molecule has 1 saturated carbocycles. The zero-order valence-corrected chi connectivity index (χ0v) is 24.3. The van der Waals surface area contributed by atoms with Gasteiger partial charge < -0.3 is 10.6 Å². The highest BCUT2D eigenvalue weighted by Gasteiger charge is 2.55. The fraction of sp³-hybridized carbons (Fsp3) is 0.714. The van der Waals surface area contributed by atoms with Gasteiger partial charge in [0, 0.05) is 55.0 Å². The van der Waals surface area contributed by atoms with E-state index in [-0.39, 0.29) is 17.9 Å². The van der Waals surface area contributed by atoms with Crippen molar-refractivity contribution in [2.24, 2.45) is 5.92 Å². The number of fused-ring (bicyclic) bond motifs is 2. The van der Waals surface area contributed by atoms with Gasteiger partial charge in [0.1, 0.15) is 12.3 Å². The highest BCUT2D eigenvalue weighted by Crippen LogP contribution is 2.44. The van der Waals surface area contributed by atoms with Crippen LogP contribution in [0.4, 0.5) is 10.1 Å². The lowest BCUT2D eigenvalue weighted by Gasteiger charge is -2.51. The van der Waals surface area contributed by atoms with Crippen LogP contribution in [0.2, 0.25) is 0 Å². The molecule has 3 atom stereocenters. The standard InChI is InChI=1S/C28H40FN7O3S/c1-27(2,3)35-15-18-14-20(4-5-23(18)40(35,38)39)32-25-24-22(8-13-31-26(24)37)36(33-25)28(11-12-30)9-6-21(7-10-28)34-16-19(29)17-34/h4-5,14,19,21-22,24-25,32-33H,6-11,13,15-17H2,1-3H3,(H,31,37). The summed E-state index contributed by atoms with van der Waals surface area (Å²) in [5, 5.41) is 18.6. The molecule has 10 nitrogen and oxygen atoms in total. The lowest BCUT2D eigenvalue weighted by molar-refractivity contribution is -0.128. The molecule has 4 aliphatic heterocycles. The maximum atomic E-state index is 13.5. The van der Waals surface area contributed by atoms with E-state index in [2.05, 4.69) is 32.0 Å². The zero-order valence-electron chi connectivity index (χ0n) is 23.5. The number of hydrogen-bond acceptors (Lipinski definition) is 8. The highest BCUT2D eigenvalue weighted by atomic mass is 32.2. The molecule has 5 aliphatic rings. The number of anilines is 1. The van der Waals surface area contributed by atoms with Crippen LogP contribution >= 0.6 is 0 Å². The third-order valence-electron chi connectivity index (χ3n) is 9.63. The molecule has 1 aromatic carbocycles. The second kappa shape index (κ2) is 9.91. The molecule has 0 radical (unpaired) electrons. The number of benzene rings is 1. The van der Waals surface area contributed by atoms with Gasteiger partial charge in [0.2, 0.25) is 15.9 Å². The normalized spacial score (nSPS) is 34.9. The Bertz CT molecular complexity index is 1310. The Kier molecular flexibility index (Phi) is 6.90. The molecule has 1 amide bonds. The number of hydrazine groups is 1. The van der Waals surface area contributed by atoms with Crippen molar-refractivity contribution in [2.75, 3.05) is 25.0 Å². The summed E-state index contributed by atoms with van der Waals surface area (Å²) in [7, 11) is -3.56. The Morgan fingerprint density at radius 1 is 1.20 bits per heavy atom. The van der Waals surface area contributed by atoms with E-state index < -0.39 is 33.4 Å². The van der Waals surface area contributed by atoms with E-state index in [0.717, 1.165) is 43.4 Å². The first-order valence-corrected chi connectivity index (χ1v) is 15.9. The smallest absolute Gasteiger partial charge is 0.244 e. The molecule has 3 unspecified atom stereocenters. The molecular formula is C28H40FN7O3S. The van der Waals surface area contributed by atoms with Crippen molar-refractivity contribution in [3.05, 3.63) is 23.8 Å². The molecule has 6 rings (SSSR count). The second-order valence-corrected chi connectivity index (χ2v) is 15.0.